The van der Waals surface area contributed by atoms with Gasteiger partial charge in [0.25, 0.3) is 0 Å². The van der Waals surface area contributed by atoms with Crippen LogP contribution in [0.15, 0.2) is 30.7 Å². The van der Waals surface area contributed by atoms with E-state index in [1.54, 1.807) is 0 Å². The maximum atomic E-state index is 6.56. The molecule has 0 radical (unpaired) electrons. The lowest BCUT2D eigenvalue weighted by atomic mass is 10.0. The number of nitrogens with one attached hydrogen (secondary N) is 1. The first-order valence-electron chi connectivity index (χ1n) is 13.4. The zero-order valence-corrected chi connectivity index (χ0v) is 21.5. The minimum atomic E-state index is 0.360. The molecule has 3 aromatic rings. The molecule has 2 fully saturated rings. The quantitative estimate of drug-likeness (QED) is 0.424. The van der Waals surface area contributed by atoms with Gasteiger partial charge in [-0.1, -0.05) is 26.7 Å². The molecule has 9 nitrogen and oxygen atoms in total. The SMILES string of the molecule is CCN(CC)C1CCN(c2ccc(Nc3ncc4c(/C=C\N)c(N)n(C5CCCC5)c4n3)nc2)CC1. The summed E-state index contributed by atoms with van der Waals surface area (Å²) in [6.45, 7) is 8.89. The molecule has 2 aliphatic rings. The van der Waals surface area contributed by atoms with E-state index in [2.05, 4.69) is 49.6 Å². The highest BCUT2D eigenvalue weighted by atomic mass is 15.2. The summed E-state index contributed by atoms with van der Waals surface area (Å²) in [5, 5.41) is 4.21. The molecule has 4 heterocycles. The summed E-state index contributed by atoms with van der Waals surface area (Å²) >= 11 is 0. The standard InChI is InChI=1S/C27H39N9/c1-3-34(4-2)19-12-15-35(16-13-19)21-9-10-24(30-17-21)32-27-31-18-23-22(11-14-28)25(29)36(26(23)33-27)20-7-5-6-8-20/h9-11,14,17-20H,3-8,12-13,15-16,28-29H2,1-2H3,(H,30,31,32,33)/b14-11-. The smallest absolute Gasteiger partial charge is 0.230 e. The lowest BCUT2D eigenvalue weighted by molar-refractivity contribution is 0.186. The van der Waals surface area contributed by atoms with Gasteiger partial charge in [-0.15, -0.1) is 0 Å². The summed E-state index contributed by atoms with van der Waals surface area (Å²) in [4.78, 5) is 19.1. The Balaban J connectivity index is 1.32. The fraction of sp³-hybridized carbons (Fsp3) is 0.519. The number of nitrogens with zero attached hydrogens (tertiary/aromatic N) is 6. The molecule has 1 aliphatic carbocycles. The highest BCUT2D eigenvalue weighted by Gasteiger charge is 2.25. The number of piperidine rings is 1. The Hall–Kier alpha value is -3.33. The first kappa shape index (κ1) is 24.4. The number of nitrogen functional groups attached to an aromatic ring is 1. The topological polar surface area (TPSA) is 114 Å². The van der Waals surface area contributed by atoms with E-state index in [0.717, 1.165) is 67.1 Å². The lowest BCUT2D eigenvalue weighted by Gasteiger charge is -2.38. The van der Waals surface area contributed by atoms with E-state index in [1.165, 1.54) is 31.9 Å². The van der Waals surface area contributed by atoms with E-state index in [9.17, 15) is 0 Å². The van der Waals surface area contributed by atoms with Gasteiger partial charge in [-0.2, -0.15) is 4.98 Å². The Labute approximate surface area is 213 Å². The molecule has 0 aromatic carbocycles. The molecule has 0 unspecified atom stereocenters. The number of aromatic nitrogens is 4. The van der Waals surface area contributed by atoms with E-state index in [0.29, 0.717) is 23.8 Å². The summed E-state index contributed by atoms with van der Waals surface area (Å²) in [6.07, 6.45) is 14.2. The Morgan fingerprint density at radius 3 is 2.44 bits per heavy atom. The maximum Gasteiger partial charge on any atom is 0.230 e. The minimum absolute atomic E-state index is 0.360. The van der Waals surface area contributed by atoms with Gasteiger partial charge in [-0.25, -0.2) is 9.97 Å². The van der Waals surface area contributed by atoms with Crippen LogP contribution in [0.1, 0.15) is 64.0 Å². The first-order valence-corrected chi connectivity index (χ1v) is 13.4. The van der Waals surface area contributed by atoms with Crippen molar-refractivity contribution < 1.29 is 0 Å². The van der Waals surface area contributed by atoms with Crippen LogP contribution in [0.4, 0.5) is 23.3 Å². The molecule has 0 spiro atoms. The molecule has 0 atom stereocenters. The summed E-state index contributed by atoms with van der Waals surface area (Å²) in [7, 11) is 0. The lowest BCUT2D eigenvalue weighted by Crippen LogP contribution is -2.44. The normalized spacial score (nSPS) is 17.7. The molecule has 3 aromatic heterocycles. The fourth-order valence-electron chi connectivity index (χ4n) is 5.98. The van der Waals surface area contributed by atoms with Crippen LogP contribution < -0.4 is 21.7 Å². The summed E-state index contributed by atoms with van der Waals surface area (Å²) in [6, 6.07) is 5.19. The van der Waals surface area contributed by atoms with Gasteiger partial charge in [0.1, 0.15) is 17.3 Å². The largest absolute Gasteiger partial charge is 0.405 e. The van der Waals surface area contributed by atoms with Gasteiger partial charge in [0.15, 0.2) is 0 Å². The molecule has 0 amide bonds. The average Bonchev–Trinajstić information content (AvgIpc) is 3.52. The van der Waals surface area contributed by atoms with Gasteiger partial charge in [-0.3, -0.25) is 0 Å². The number of hydrogen-bond donors (Lipinski definition) is 3. The second-order valence-electron chi connectivity index (χ2n) is 9.86. The molecule has 5 rings (SSSR count). The van der Waals surface area contributed by atoms with Crippen molar-refractivity contribution in [2.24, 2.45) is 5.73 Å². The van der Waals surface area contributed by atoms with Crippen molar-refractivity contribution in [2.75, 3.05) is 42.1 Å². The zero-order valence-electron chi connectivity index (χ0n) is 21.5. The van der Waals surface area contributed by atoms with Crippen LogP contribution in [0, 0.1) is 0 Å². The predicted molar refractivity (Wildman–Crippen MR) is 148 cm³/mol. The Kier molecular flexibility index (Phi) is 7.27. The van der Waals surface area contributed by atoms with Crippen LogP contribution in [-0.2, 0) is 0 Å². The molecule has 5 N–H and O–H groups in total. The van der Waals surface area contributed by atoms with Crippen molar-refractivity contribution >= 4 is 40.4 Å². The van der Waals surface area contributed by atoms with Crippen LogP contribution in [0.3, 0.4) is 0 Å². The summed E-state index contributed by atoms with van der Waals surface area (Å²) < 4.78 is 2.17. The van der Waals surface area contributed by atoms with Crippen LogP contribution in [-0.4, -0.2) is 56.6 Å². The molecule has 192 valence electrons. The van der Waals surface area contributed by atoms with Gasteiger partial charge in [-0.05, 0) is 63.2 Å². The Bertz CT molecular complexity index is 1180. The average molecular weight is 490 g/mol. The molecular formula is C27H39N9. The van der Waals surface area contributed by atoms with Crippen LogP contribution >= 0.6 is 0 Å². The van der Waals surface area contributed by atoms with Gasteiger partial charge < -0.3 is 31.2 Å². The molecule has 0 bridgehead atoms. The number of hydrogen-bond acceptors (Lipinski definition) is 8. The zero-order chi connectivity index (χ0) is 25.1. The van der Waals surface area contributed by atoms with E-state index in [1.807, 2.05) is 24.5 Å². The Morgan fingerprint density at radius 2 is 1.81 bits per heavy atom. The monoisotopic (exact) mass is 489 g/mol. The maximum absolute atomic E-state index is 6.56. The van der Waals surface area contributed by atoms with E-state index >= 15 is 0 Å². The van der Waals surface area contributed by atoms with Crippen molar-refractivity contribution in [1.82, 2.24) is 24.4 Å². The predicted octanol–water partition coefficient (Wildman–Crippen LogP) is 4.51. The summed E-state index contributed by atoms with van der Waals surface area (Å²) in [5.74, 6) is 1.95. The number of anilines is 4. The van der Waals surface area contributed by atoms with E-state index in [-0.39, 0.29) is 0 Å². The molecule has 9 heteroatoms. The van der Waals surface area contributed by atoms with Crippen LogP contribution in [0.25, 0.3) is 17.1 Å². The number of nitrogens with two attached hydrogens (primary N) is 2. The van der Waals surface area contributed by atoms with Crippen molar-refractivity contribution in [2.45, 2.75) is 64.5 Å². The van der Waals surface area contributed by atoms with Gasteiger partial charge >= 0.3 is 0 Å². The highest BCUT2D eigenvalue weighted by Crippen LogP contribution is 2.38. The minimum Gasteiger partial charge on any atom is -0.405 e. The third-order valence-electron chi connectivity index (χ3n) is 7.92. The molecular weight excluding hydrogens is 450 g/mol. The number of rotatable bonds is 8. The van der Waals surface area contributed by atoms with Gasteiger partial charge in [0, 0.05) is 42.3 Å². The highest BCUT2D eigenvalue weighted by molar-refractivity contribution is 5.93. The molecule has 36 heavy (non-hydrogen) atoms. The fourth-order valence-corrected chi connectivity index (χ4v) is 5.98. The second-order valence-corrected chi connectivity index (χ2v) is 9.86. The van der Waals surface area contributed by atoms with Crippen molar-refractivity contribution in [3.63, 3.8) is 0 Å². The first-order chi connectivity index (χ1) is 17.6. The molecule has 1 saturated heterocycles. The van der Waals surface area contributed by atoms with Crippen LogP contribution in [0.2, 0.25) is 0 Å². The second kappa shape index (κ2) is 10.7. The molecule has 1 saturated carbocycles. The van der Waals surface area contributed by atoms with E-state index in [4.69, 9.17) is 16.5 Å². The van der Waals surface area contributed by atoms with Crippen molar-refractivity contribution in [1.29, 1.82) is 0 Å². The van der Waals surface area contributed by atoms with E-state index < -0.39 is 0 Å². The van der Waals surface area contributed by atoms with Crippen LogP contribution in [0.5, 0.6) is 0 Å². The van der Waals surface area contributed by atoms with Crippen molar-refractivity contribution in [3.8, 4) is 0 Å². The van der Waals surface area contributed by atoms with Gasteiger partial charge in [0.05, 0.1) is 11.9 Å². The molecule has 1 aliphatic heterocycles. The summed E-state index contributed by atoms with van der Waals surface area (Å²) in [5.41, 5.74) is 15.2. The Morgan fingerprint density at radius 1 is 1.06 bits per heavy atom. The third-order valence-corrected chi connectivity index (χ3v) is 7.92. The number of pyridine rings is 1. The van der Waals surface area contributed by atoms with Crippen molar-refractivity contribution in [3.05, 3.63) is 36.3 Å². The van der Waals surface area contributed by atoms with Gasteiger partial charge in [0.2, 0.25) is 5.95 Å². The third kappa shape index (κ3) is 4.72. The number of fused-ring (bicyclic) bond motifs is 1.